The number of aliphatic hydroxyl groups excluding tert-OH is 1. The summed E-state index contributed by atoms with van der Waals surface area (Å²) in [6, 6.07) is 7.82. The van der Waals surface area contributed by atoms with Crippen LogP contribution in [0.15, 0.2) is 24.3 Å². The average molecular weight is 325 g/mol. The van der Waals surface area contributed by atoms with E-state index in [0.29, 0.717) is 18.9 Å². The Hall–Kier alpha value is -1.26. The molecule has 22 heavy (non-hydrogen) atoms. The van der Waals surface area contributed by atoms with Crippen LogP contribution < -0.4 is 10.6 Å². The van der Waals surface area contributed by atoms with Crippen molar-refractivity contribution in [2.24, 2.45) is 5.41 Å². The molecule has 0 saturated heterocycles. The van der Waals surface area contributed by atoms with Crippen molar-refractivity contribution in [3.8, 4) is 0 Å². The lowest BCUT2D eigenvalue weighted by Gasteiger charge is -2.26. The fraction of sp³-hybridized carbons (Fsp3) is 0.588. The first-order valence-corrected chi connectivity index (χ1v) is 8.12. The largest absolute Gasteiger partial charge is 0.393 e. The number of aliphatic hydroxyl groups is 1. The normalized spacial score (nSPS) is 22.0. The Morgan fingerprint density at radius 2 is 2.23 bits per heavy atom. The smallest absolute Gasteiger partial charge is 0.315 e. The molecule has 4 nitrogen and oxygen atoms in total. The van der Waals surface area contributed by atoms with E-state index in [9.17, 15) is 9.90 Å². The number of carbonyl (C=O) groups excluding carboxylic acids is 1. The van der Waals surface area contributed by atoms with E-state index in [2.05, 4.69) is 10.6 Å². The molecule has 2 rings (SSSR count). The topological polar surface area (TPSA) is 61.4 Å². The van der Waals surface area contributed by atoms with Gasteiger partial charge in [0.05, 0.1) is 6.10 Å². The molecule has 3 atom stereocenters. The molecule has 0 spiro atoms. The van der Waals surface area contributed by atoms with Gasteiger partial charge in [-0.1, -0.05) is 37.6 Å². The lowest BCUT2D eigenvalue weighted by molar-refractivity contribution is 0.129. The maximum atomic E-state index is 12.0. The van der Waals surface area contributed by atoms with Gasteiger partial charge in [0.1, 0.15) is 0 Å². The van der Waals surface area contributed by atoms with Crippen LogP contribution in [0.25, 0.3) is 0 Å². The molecule has 122 valence electrons. The van der Waals surface area contributed by atoms with Crippen molar-refractivity contribution in [2.75, 3.05) is 6.54 Å². The molecule has 2 amide bonds. The Labute approximate surface area is 137 Å². The molecule has 1 aromatic rings. The van der Waals surface area contributed by atoms with Gasteiger partial charge in [-0.05, 0) is 42.9 Å². The van der Waals surface area contributed by atoms with Crippen molar-refractivity contribution < 1.29 is 9.90 Å². The van der Waals surface area contributed by atoms with Crippen molar-refractivity contribution in [2.45, 2.75) is 51.7 Å². The minimum Gasteiger partial charge on any atom is -0.393 e. The third kappa shape index (κ3) is 5.18. The molecule has 0 radical (unpaired) electrons. The number of hydrogen-bond acceptors (Lipinski definition) is 2. The Balaban J connectivity index is 1.75. The molecular formula is C17H25ClN2O2. The molecule has 0 aliphatic heterocycles. The summed E-state index contributed by atoms with van der Waals surface area (Å²) in [6.07, 6.45) is 1.24. The molecule has 1 fully saturated rings. The fourth-order valence-corrected chi connectivity index (χ4v) is 3.07. The van der Waals surface area contributed by atoms with Gasteiger partial charge in [0.25, 0.3) is 0 Å². The molecule has 1 aliphatic rings. The van der Waals surface area contributed by atoms with Crippen LogP contribution in [0.4, 0.5) is 4.79 Å². The number of halogens is 1. The van der Waals surface area contributed by atoms with Gasteiger partial charge in [0.2, 0.25) is 0 Å². The summed E-state index contributed by atoms with van der Waals surface area (Å²) < 4.78 is 0. The third-order valence-electron chi connectivity index (χ3n) is 3.96. The van der Waals surface area contributed by atoms with E-state index >= 15 is 0 Å². The van der Waals surface area contributed by atoms with Crippen LogP contribution in [0.5, 0.6) is 0 Å². The second-order valence-corrected chi connectivity index (χ2v) is 7.48. The van der Waals surface area contributed by atoms with Gasteiger partial charge < -0.3 is 15.7 Å². The van der Waals surface area contributed by atoms with Gasteiger partial charge in [-0.2, -0.15) is 0 Å². The third-order valence-corrected chi connectivity index (χ3v) is 4.19. The van der Waals surface area contributed by atoms with Gasteiger partial charge in [0, 0.05) is 23.5 Å². The van der Waals surface area contributed by atoms with Crippen LogP contribution in [0, 0.1) is 5.41 Å². The van der Waals surface area contributed by atoms with Crippen LogP contribution in [-0.4, -0.2) is 29.8 Å². The van der Waals surface area contributed by atoms with Crippen molar-refractivity contribution in [1.29, 1.82) is 0 Å². The van der Waals surface area contributed by atoms with Gasteiger partial charge in [-0.25, -0.2) is 4.79 Å². The van der Waals surface area contributed by atoms with Crippen molar-refractivity contribution in [1.82, 2.24) is 10.6 Å². The lowest BCUT2D eigenvalue weighted by atomic mass is 9.87. The molecule has 3 N–H and O–H groups in total. The highest BCUT2D eigenvalue weighted by atomic mass is 35.5. The maximum Gasteiger partial charge on any atom is 0.315 e. The monoisotopic (exact) mass is 324 g/mol. The zero-order chi connectivity index (χ0) is 16.3. The number of nitrogens with one attached hydrogen (secondary N) is 2. The lowest BCUT2D eigenvalue weighted by Crippen LogP contribution is -2.42. The van der Waals surface area contributed by atoms with E-state index < -0.39 is 0 Å². The SMILES string of the molecule is CC(O)CC(C)(C)CNC(=O)NC1CC1c1cccc(Cl)c1. The maximum absolute atomic E-state index is 12.0. The van der Waals surface area contributed by atoms with Crippen molar-refractivity contribution in [3.63, 3.8) is 0 Å². The quantitative estimate of drug-likeness (QED) is 0.752. The van der Waals surface area contributed by atoms with Gasteiger partial charge in [-0.15, -0.1) is 0 Å². The number of amides is 2. The highest BCUT2D eigenvalue weighted by molar-refractivity contribution is 6.30. The number of rotatable bonds is 6. The molecular weight excluding hydrogens is 300 g/mol. The minimum atomic E-state index is -0.365. The van der Waals surface area contributed by atoms with E-state index in [-0.39, 0.29) is 23.6 Å². The van der Waals surface area contributed by atoms with E-state index in [4.69, 9.17) is 11.6 Å². The van der Waals surface area contributed by atoms with Crippen LogP contribution >= 0.6 is 11.6 Å². The average Bonchev–Trinajstić information content (AvgIpc) is 3.14. The van der Waals surface area contributed by atoms with Crippen LogP contribution in [0.2, 0.25) is 5.02 Å². The first kappa shape index (κ1) is 17.1. The van der Waals surface area contributed by atoms with E-state index in [0.717, 1.165) is 11.4 Å². The fourth-order valence-electron chi connectivity index (χ4n) is 2.87. The number of hydrogen-bond donors (Lipinski definition) is 3. The zero-order valence-electron chi connectivity index (χ0n) is 13.4. The molecule has 1 aromatic carbocycles. The molecule has 1 aliphatic carbocycles. The number of benzene rings is 1. The van der Waals surface area contributed by atoms with Crippen LogP contribution in [0.1, 0.15) is 45.1 Å². The summed E-state index contributed by atoms with van der Waals surface area (Å²) >= 11 is 5.99. The second-order valence-electron chi connectivity index (χ2n) is 7.05. The molecule has 5 heteroatoms. The molecule has 0 bridgehead atoms. The Morgan fingerprint density at radius 3 is 2.86 bits per heavy atom. The van der Waals surface area contributed by atoms with Crippen LogP contribution in [0.3, 0.4) is 0 Å². The molecule has 0 aromatic heterocycles. The van der Waals surface area contributed by atoms with Gasteiger partial charge in [-0.3, -0.25) is 0 Å². The van der Waals surface area contributed by atoms with E-state index in [1.165, 1.54) is 5.56 Å². The highest BCUT2D eigenvalue weighted by Gasteiger charge is 2.39. The second kappa shape index (κ2) is 6.88. The van der Waals surface area contributed by atoms with Gasteiger partial charge in [0.15, 0.2) is 0 Å². The Bertz CT molecular complexity index is 531. The summed E-state index contributed by atoms with van der Waals surface area (Å²) in [5.41, 5.74) is 1.05. The minimum absolute atomic E-state index is 0.124. The number of carbonyl (C=O) groups is 1. The highest BCUT2D eigenvalue weighted by Crippen LogP contribution is 2.41. The van der Waals surface area contributed by atoms with Gasteiger partial charge >= 0.3 is 6.03 Å². The molecule has 1 saturated carbocycles. The standard InChI is InChI=1S/C17H25ClN2O2/c1-11(21)9-17(2,3)10-19-16(22)20-15-8-14(15)12-5-4-6-13(18)7-12/h4-7,11,14-15,21H,8-10H2,1-3H3,(H2,19,20,22). The van der Waals surface area contributed by atoms with Crippen molar-refractivity contribution >= 4 is 17.6 Å². The van der Waals surface area contributed by atoms with E-state index in [1.807, 2.05) is 38.1 Å². The summed E-state index contributed by atoms with van der Waals surface area (Å²) in [6.45, 7) is 6.37. The molecule has 3 unspecified atom stereocenters. The summed E-state index contributed by atoms with van der Waals surface area (Å²) in [5, 5.41) is 16.1. The predicted octanol–water partition coefficient (Wildman–Crippen LogP) is 3.29. The first-order chi connectivity index (χ1) is 10.3. The Kier molecular flexibility index (Phi) is 5.35. The van der Waals surface area contributed by atoms with E-state index in [1.54, 1.807) is 6.92 Å². The molecule has 0 heterocycles. The van der Waals surface area contributed by atoms with Crippen LogP contribution in [-0.2, 0) is 0 Å². The summed E-state index contributed by atoms with van der Waals surface area (Å²) in [5.74, 6) is 0.356. The number of urea groups is 1. The summed E-state index contributed by atoms with van der Waals surface area (Å²) in [4.78, 5) is 12.0. The Morgan fingerprint density at radius 1 is 1.50 bits per heavy atom. The summed E-state index contributed by atoms with van der Waals surface area (Å²) in [7, 11) is 0. The predicted molar refractivity (Wildman–Crippen MR) is 89.2 cm³/mol. The van der Waals surface area contributed by atoms with Crippen molar-refractivity contribution in [3.05, 3.63) is 34.9 Å². The zero-order valence-corrected chi connectivity index (χ0v) is 14.2. The first-order valence-electron chi connectivity index (χ1n) is 7.75.